The molecular weight excluding hydrogens is 78.1 g/mol. The van der Waals surface area contributed by atoms with Gasteiger partial charge in [0.05, 0.1) is 0 Å². The molecule has 0 saturated carbocycles. The fourth-order valence-corrected chi connectivity index (χ4v) is 0.316. The Balaban J connectivity index is 2.68. The highest BCUT2D eigenvalue weighted by Gasteiger charge is 1.91. The van der Waals surface area contributed by atoms with E-state index in [9.17, 15) is 0 Å². The van der Waals surface area contributed by atoms with Gasteiger partial charge in [0.25, 0.3) is 0 Å². The highest BCUT2D eigenvalue weighted by molar-refractivity contribution is 5.86. The maximum atomic E-state index is 3.81. The molecule has 3 heteroatoms. The molecular formula is C3H6N3+. The molecule has 0 radical (unpaired) electrons. The van der Waals surface area contributed by atoms with Gasteiger partial charge in [0.2, 0.25) is 6.34 Å². The molecule has 0 aromatic rings. The predicted molar refractivity (Wildman–Crippen MR) is 23.5 cm³/mol. The fourth-order valence-electron chi connectivity index (χ4n) is 0.316. The van der Waals surface area contributed by atoms with Crippen molar-refractivity contribution < 1.29 is 5.43 Å². The Labute approximate surface area is 35.8 Å². The van der Waals surface area contributed by atoms with Crippen LogP contribution >= 0.6 is 0 Å². The van der Waals surface area contributed by atoms with Gasteiger partial charge < -0.3 is 0 Å². The highest BCUT2D eigenvalue weighted by atomic mass is 15.4. The van der Waals surface area contributed by atoms with E-state index in [0.29, 0.717) is 0 Å². The van der Waals surface area contributed by atoms with Crippen molar-refractivity contribution in [2.24, 2.45) is 10.1 Å². The molecule has 0 atom stereocenters. The van der Waals surface area contributed by atoms with Gasteiger partial charge in [-0.2, -0.15) is 10.4 Å². The van der Waals surface area contributed by atoms with Crippen molar-refractivity contribution in [2.75, 3.05) is 0 Å². The molecule has 1 aliphatic rings. The van der Waals surface area contributed by atoms with Gasteiger partial charge in [-0.1, -0.05) is 5.10 Å². The first-order valence-corrected chi connectivity index (χ1v) is 1.80. The zero-order valence-corrected chi connectivity index (χ0v) is 3.55. The summed E-state index contributed by atoms with van der Waals surface area (Å²) < 4.78 is 0. The second-order valence-corrected chi connectivity index (χ2v) is 1.10. The molecule has 0 saturated heterocycles. The lowest BCUT2D eigenvalue weighted by molar-refractivity contribution is -0.532. The molecule has 0 unspecified atom stereocenters. The van der Waals surface area contributed by atoms with Crippen molar-refractivity contribution in [1.82, 2.24) is 0 Å². The number of nitrogens with zero attached hydrogens (tertiary/aromatic N) is 2. The lowest BCUT2D eigenvalue weighted by Gasteiger charge is -1.65. The number of rotatable bonds is 0. The van der Waals surface area contributed by atoms with Crippen LogP contribution in [-0.4, -0.2) is 12.2 Å². The summed E-state index contributed by atoms with van der Waals surface area (Å²) in [5.74, 6) is 0.843. The lowest BCUT2D eigenvalue weighted by Crippen LogP contribution is -2.74. The van der Waals surface area contributed by atoms with E-state index in [4.69, 9.17) is 0 Å². The summed E-state index contributed by atoms with van der Waals surface area (Å²) in [6, 6.07) is 0. The molecule has 1 aliphatic heterocycles. The van der Waals surface area contributed by atoms with E-state index < -0.39 is 0 Å². The van der Waals surface area contributed by atoms with Crippen LogP contribution in [-0.2, 0) is 0 Å². The summed E-state index contributed by atoms with van der Waals surface area (Å²) in [7, 11) is 0. The van der Waals surface area contributed by atoms with Crippen LogP contribution < -0.4 is 5.43 Å². The van der Waals surface area contributed by atoms with Crippen LogP contribution in [0.2, 0.25) is 0 Å². The Morgan fingerprint density at radius 2 is 2.67 bits per heavy atom. The van der Waals surface area contributed by atoms with Crippen LogP contribution in [0.4, 0.5) is 0 Å². The van der Waals surface area contributed by atoms with E-state index in [2.05, 4.69) is 10.1 Å². The SMILES string of the molecule is CC1=N[NH2+]C=N1. The van der Waals surface area contributed by atoms with E-state index in [1.165, 1.54) is 0 Å². The van der Waals surface area contributed by atoms with Gasteiger partial charge in [-0.15, -0.1) is 0 Å². The summed E-state index contributed by atoms with van der Waals surface area (Å²) in [6.45, 7) is 1.86. The van der Waals surface area contributed by atoms with Crippen molar-refractivity contribution in [2.45, 2.75) is 6.92 Å². The van der Waals surface area contributed by atoms with Gasteiger partial charge in [0, 0.05) is 6.92 Å². The second kappa shape index (κ2) is 1.18. The summed E-state index contributed by atoms with van der Waals surface area (Å²) in [5, 5.41) is 3.81. The zero-order valence-electron chi connectivity index (χ0n) is 3.55. The van der Waals surface area contributed by atoms with Gasteiger partial charge in [-0.3, -0.25) is 0 Å². The van der Waals surface area contributed by atoms with E-state index in [1.807, 2.05) is 6.92 Å². The first-order valence-electron chi connectivity index (χ1n) is 1.80. The number of aliphatic imine (C=N–C) groups is 1. The average molecular weight is 84.1 g/mol. The van der Waals surface area contributed by atoms with Crippen LogP contribution in [0.25, 0.3) is 0 Å². The average Bonchev–Trinajstić information content (AvgIpc) is 1.86. The van der Waals surface area contributed by atoms with Gasteiger partial charge in [-0.25, -0.2) is 0 Å². The van der Waals surface area contributed by atoms with Crippen LogP contribution in [0, 0.1) is 0 Å². The fraction of sp³-hybridized carbons (Fsp3) is 0.333. The molecule has 1 rings (SSSR count). The smallest absolute Gasteiger partial charge is 0.181 e. The summed E-state index contributed by atoms with van der Waals surface area (Å²) in [6.07, 6.45) is 1.68. The third-order valence-corrected chi connectivity index (χ3v) is 0.589. The highest BCUT2D eigenvalue weighted by Crippen LogP contribution is 1.71. The molecule has 6 heavy (non-hydrogen) atoms. The maximum Gasteiger partial charge on any atom is 0.215 e. The normalized spacial score (nSPS) is 18.5. The molecule has 1 heterocycles. The number of nitrogens with two attached hydrogens (primary N) is 1. The molecule has 3 nitrogen and oxygen atoms in total. The van der Waals surface area contributed by atoms with Crippen LogP contribution in [0.3, 0.4) is 0 Å². The quantitative estimate of drug-likeness (QED) is 0.363. The van der Waals surface area contributed by atoms with E-state index in [0.717, 1.165) is 5.84 Å². The maximum absolute atomic E-state index is 3.81. The Morgan fingerprint density at radius 3 is 2.83 bits per heavy atom. The van der Waals surface area contributed by atoms with E-state index >= 15 is 0 Å². The van der Waals surface area contributed by atoms with Gasteiger partial charge in [0.15, 0.2) is 5.84 Å². The number of quaternary nitrogens is 1. The van der Waals surface area contributed by atoms with Gasteiger partial charge in [-0.05, 0) is 0 Å². The molecule has 0 fully saturated rings. The van der Waals surface area contributed by atoms with Crippen molar-refractivity contribution in [3.63, 3.8) is 0 Å². The summed E-state index contributed by atoms with van der Waals surface area (Å²) in [5.41, 5.74) is 1.68. The largest absolute Gasteiger partial charge is 0.215 e. The first kappa shape index (κ1) is 3.49. The molecule has 0 spiro atoms. The number of hydrogen-bond donors (Lipinski definition) is 1. The molecule has 0 amide bonds. The first-order chi connectivity index (χ1) is 2.89. The van der Waals surface area contributed by atoms with Gasteiger partial charge in [0.1, 0.15) is 0 Å². The van der Waals surface area contributed by atoms with Crippen molar-refractivity contribution in [1.29, 1.82) is 0 Å². The monoisotopic (exact) mass is 84.1 g/mol. The minimum Gasteiger partial charge on any atom is -0.181 e. The molecule has 0 aromatic carbocycles. The second-order valence-electron chi connectivity index (χ2n) is 1.10. The minimum atomic E-state index is 0.843. The number of hydrogen-bond acceptors (Lipinski definition) is 2. The van der Waals surface area contributed by atoms with Crippen LogP contribution in [0.5, 0.6) is 0 Å². The predicted octanol–water partition coefficient (Wildman–Crippen LogP) is -1.07. The van der Waals surface area contributed by atoms with Gasteiger partial charge >= 0.3 is 0 Å². The van der Waals surface area contributed by atoms with E-state index in [-0.39, 0.29) is 0 Å². The molecule has 0 aliphatic carbocycles. The third kappa shape index (κ3) is 0.440. The van der Waals surface area contributed by atoms with Crippen molar-refractivity contribution in [3.8, 4) is 0 Å². The Hall–Kier alpha value is -0.700. The Bertz CT molecular complexity index is 99.9. The zero-order chi connectivity index (χ0) is 4.41. The lowest BCUT2D eigenvalue weighted by atomic mass is 10.7. The molecule has 0 aromatic heterocycles. The molecule has 0 bridgehead atoms. The molecule has 2 N–H and O–H groups in total. The summed E-state index contributed by atoms with van der Waals surface area (Å²) >= 11 is 0. The van der Waals surface area contributed by atoms with Crippen molar-refractivity contribution in [3.05, 3.63) is 0 Å². The molecule has 32 valence electrons. The van der Waals surface area contributed by atoms with Crippen molar-refractivity contribution >= 4 is 12.2 Å². The van der Waals surface area contributed by atoms with Crippen LogP contribution in [0.15, 0.2) is 10.1 Å². The van der Waals surface area contributed by atoms with E-state index in [1.54, 1.807) is 11.8 Å². The third-order valence-electron chi connectivity index (χ3n) is 0.589. The number of amidine groups is 1. The summed E-state index contributed by atoms with van der Waals surface area (Å²) in [4.78, 5) is 3.81. The standard InChI is InChI=1S/C3H5N3/c1-3-4-2-5-6-3/h2H,1H3,(H,4,5,6)/p+1. The topological polar surface area (TPSA) is 41.3 Å². The Kier molecular flexibility index (Phi) is 0.686. The van der Waals surface area contributed by atoms with Crippen LogP contribution in [0.1, 0.15) is 6.92 Å². The Morgan fingerprint density at radius 1 is 1.83 bits per heavy atom. The minimum absolute atomic E-state index is 0.843.